The van der Waals surface area contributed by atoms with Crippen molar-refractivity contribution in [2.75, 3.05) is 24.6 Å². The Morgan fingerprint density at radius 3 is 2.59 bits per heavy atom. The Labute approximate surface area is 167 Å². The molecule has 0 aliphatic carbocycles. The number of nitrogens with zero attached hydrogens (tertiary/aromatic N) is 2. The SMILES string of the molecule is O=C(COC(=O)c1ccc(N2CCCCCC2)c([N+](=O)[O-])c1)NCc1ccco1. The molecule has 0 atom stereocenters. The fourth-order valence-electron chi connectivity index (χ4n) is 3.24. The Balaban J connectivity index is 1.61. The number of nitro groups is 1. The zero-order chi connectivity index (χ0) is 20.6. The van der Waals surface area contributed by atoms with Gasteiger partial charge in [0, 0.05) is 19.2 Å². The lowest BCUT2D eigenvalue weighted by Gasteiger charge is -2.22. The number of hydrogen-bond donors (Lipinski definition) is 1. The molecule has 0 saturated carbocycles. The van der Waals surface area contributed by atoms with Crippen LogP contribution in [0.3, 0.4) is 0 Å². The fraction of sp³-hybridized carbons (Fsp3) is 0.400. The van der Waals surface area contributed by atoms with Crippen molar-refractivity contribution in [1.29, 1.82) is 0 Å². The van der Waals surface area contributed by atoms with Crippen molar-refractivity contribution >= 4 is 23.3 Å². The third kappa shape index (κ3) is 5.56. The Bertz CT molecular complexity index is 857. The van der Waals surface area contributed by atoms with Crippen LogP contribution in [-0.2, 0) is 16.1 Å². The molecule has 1 aromatic heterocycles. The lowest BCUT2D eigenvalue weighted by atomic mass is 10.1. The number of benzene rings is 1. The molecule has 1 N–H and O–H groups in total. The second kappa shape index (κ2) is 9.72. The maximum atomic E-state index is 12.2. The highest BCUT2D eigenvalue weighted by atomic mass is 16.6. The molecule has 0 radical (unpaired) electrons. The predicted molar refractivity (Wildman–Crippen MR) is 105 cm³/mol. The zero-order valence-electron chi connectivity index (χ0n) is 16.0. The molecule has 1 aromatic carbocycles. The van der Waals surface area contributed by atoms with Gasteiger partial charge in [0.1, 0.15) is 11.4 Å². The number of nitro benzene ring substituents is 1. The van der Waals surface area contributed by atoms with Crippen molar-refractivity contribution in [2.45, 2.75) is 32.2 Å². The van der Waals surface area contributed by atoms with Gasteiger partial charge in [-0.1, -0.05) is 12.8 Å². The first kappa shape index (κ1) is 20.4. The standard InChI is InChI=1S/C20H23N3O6/c24-19(21-13-16-6-5-11-28-16)14-29-20(25)15-7-8-17(18(12-15)23(26)27)22-9-3-1-2-4-10-22/h5-8,11-12H,1-4,9-10,13-14H2,(H,21,24). The molecule has 1 fully saturated rings. The van der Waals surface area contributed by atoms with Gasteiger partial charge in [0.2, 0.25) is 0 Å². The Morgan fingerprint density at radius 2 is 1.93 bits per heavy atom. The van der Waals surface area contributed by atoms with Gasteiger partial charge in [-0.25, -0.2) is 4.79 Å². The van der Waals surface area contributed by atoms with Crippen LogP contribution in [0.25, 0.3) is 0 Å². The molecule has 0 unspecified atom stereocenters. The summed E-state index contributed by atoms with van der Waals surface area (Å²) in [5.74, 6) is -0.710. The number of hydrogen-bond acceptors (Lipinski definition) is 7. The first-order chi connectivity index (χ1) is 14.0. The molecular formula is C20H23N3O6. The van der Waals surface area contributed by atoms with Crippen molar-refractivity contribution in [2.24, 2.45) is 0 Å². The van der Waals surface area contributed by atoms with Gasteiger partial charge in [-0.2, -0.15) is 0 Å². The molecule has 1 aliphatic heterocycles. The van der Waals surface area contributed by atoms with Gasteiger partial charge in [-0.15, -0.1) is 0 Å². The fourth-order valence-corrected chi connectivity index (χ4v) is 3.24. The summed E-state index contributed by atoms with van der Waals surface area (Å²) < 4.78 is 10.1. The van der Waals surface area contributed by atoms with Crippen LogP contribution in [0.2, 0.25) is 0 Å². The van der Waals surface area contributed by atoms with Crippen molar-refractivity contribution in [3.8, 4) is 0 Å². The van der Waals surface area contributed by atoms with E-state index in [1.807, 2.05) is 4.90 Å². The van der Waals surface area contributed by atoms with Crippen LogP contribution in [0.1, 0.15) is 41.8 Å². The van der Waals surface area contributed by atoms with Crippen LogP contribution < -0.4 is 10.2 Å². The molecule has 9 heteroatoms. The van der Waals surface area contributed by atoms with Crippen molar-refractivity contribution in [3.05, 3.63) is 58.0 Å². The molecule has 2 heterocycles. The molecule has 2 aromatic rings. The number of furan rings is 1. The number of carbonyl (C=O) groups is 2. The summed E-state index contributed by atoms with van der Waals surface area (Å²) in [6, 6.07) is 7.69. The zero-order valence-corrected chi connectivity index (χ0v) is 16.0. The minimum Gasteiger partial charge on any atom is -0.467 e. The quantitative estimate of drug-likeness (QED) is 0.431. The van der Waals surface area contributed by atoms with Gasteiger partial charge in [0.15, 0.2) is 6.61 Å². The maximum Gasteiger partial charge on any atom is 0.338 e. The summed E-state index contributed by atoms with van der Waals surface area (Å²) in [6.45, 7) is 1.20. The summed E-state index contributed by atoms with van der Waals surface area (Å²) in [5.41, 5.74) is 0.405. The summed E-state index contributed by atoms with van der Waals surface area (Å²) in [4.78, 5) is 37.1. The topological polar surface area (TPSA) is 115 Å². The monoisotopic (exact) mass is 401 g/mol. The molecule has 0 bridgehead atoms. The highest BCUT2D eigenvalue weighted by Crippen LogP contribution is 2.31. The molecular weight excluding hydrogens is 378 g/mol. The average molecular weight is 401 g/mol. The van der Waals surface area contributed by atoms with Gasteiger partial charge in [-0.05, 0) is 37.1 Å². The van der Waals surface area contributed by atoms with Crippen LogP contribution in [0.15, 0.2) is 41.0 Å². The van der Waals surface area contributed by atoms with Crippen molar-refractivity contribution in [1.82, 2.24) is 5.32 Å². The average Bonchev–Trinajstić information content (AvgIpc) is 3.10. The Kier molecular flexibility index (Phi) is 6.83. The van der Waals surface area contributed by atoms with E-state index in [-0.39, 0.29) is 17.8 Å². The normalized spacial score (nSPS) is 14.1. The maximum absolute atomic E-state index is 12.2. The van der Waals surface area contributed by atoms with E-state index in [1.54, 1.807) is 18.2 Å². The van der Waals surface area contributed by atoms with E-state index < -0.39 is 23.4 Å². The predicted octanol–water partition coefficient (Wildman–Crippen LogP) is 3.04. The van der Waals surface area contributed by atoms with E-state index in [2.05, 4.69) is 5.32 Å². The molecule has 0 spiro atoms. The van der Waals surface area contributed by atoms with Crippen LogP contribution in [0.5, 0.6) is 0 Å². The minimum absolute atomic E-state index is 0.0362. The van der Waals surface area contributed by atoms with Crippen molar-refractivity contribution < 1.29 is 23.7 Å². The first-order valence-electron chi connectivity index (χ1n) is 9.54. The summed E-state index contributed by atoms with van der Waals surface area (Å²) >= 11 is 0. The number of carbonyl (C=O) groups excluding carboxylic acids is 2. The van der Waals surface area contributed by atoms with E-state index in [1.165, 1.54) is 18.4 Å². The number of ether oxygens (including phenoxy) is 1. The molecule has 1 amide bonds. The molecule has 3 rings (SSSR count). The van der Waals surface area contributed by atoms with E-state index in [4.69, 9.17) is 9.15 Å². The van der Waals surface area contributed by atoms with Gasteiger partial charge < -0.3 is 19.4 Å². The number of rotatable bonds is 7. The van der Waals surface area contributed by atoms with Gasteiger partial charge in [-0.3, -0.25) is 14.9 Å². The van der Waals surface area contributed by atoms with Gasteiger partial charge >= 0.3 is 5.97 Å². The van der Waals surface area contributed by atoms with E-state index >= 15 is 0 Å². The molecule has 9 nitrogen and oxygen atoms in total. The Morgan fingerprint density at radius 1 is 1.17 bits per heavy atom. The second-order valence-electron chi connectivity index (χ2n) is 6.79. The largest absolute Gasteiger partial charge is 0.467 e. The molecule has 1 saturated heterocycles. The summed E-state index contributed by atoms with van der Waals surface area (Å²) in [7, 11) is 0. The molecule has 1 aliphatic rings. The number of esters is 1. The van der Waals surface area contributed by atoms with E-state index in [9.17, 15) is 19.7 Å². The van der Waals surface area contributed by atoms with E-state index in [0.29, 0.717) is 11.4 Å². The van der Waals surface area contributed by atoms with E-state index in [0.717, 1.165) is 38.8 Å². The first-order valence-corrected chi connectivity index (χ1v) is 9.54. The van der Waals surface area contributed by atoms with Gasteiger partial charge in [0.05, 0.1) is 23.3 Å². The Hall–Kier alpha value is -3.36. The number of anilines is 1. The minimum atomic E-state index is -0.788. The summed E-state index contributed by atoms with van der Waals surface area (Å²) in [5, 5.41) is 14.1. The van der Waals surface area contributed by atoms with Gasteiger partial charge in [0.25, 0.3) is 11.6 Å². The summed E-state index contributed by atoms with van der Waals surface area (Å²) in [6.07, 6.45) is 5.67. The third-order valence-electron chi connectivity index (χ3n) is 4.73. The molecule has 29 heavy (non-hydrogen) atoms. The van der Waals surface area contributed by atoms with Crippen LogP contribution in [0, 0.1) is 10.1 Å². The second-order valence-corrected chi connectivity index (χ2v) is 6.79. The van der Waals surface area contributed by atoms with Crippen LogP contribution >= 0.6 is 0 Å². The lowest BCUT2D eigenvalue weighted by molar-refractivity contribution is -0.384. The third-order valence-corrected chi connectivity index (χ3v) is 4.73. The number of nitrogens with one attached hydrogen (secondary N) is 1. The van der Waals surface area contributed by atoms with Crippen LogP contribution in [0.4, 0.5) is 11.4 Å². The highest BCUT2D eigenvalue weighted by molar-refractivity contribution is 5.93. The lowest BCUT2D eigenvalue weighted by Crippen LogP contribution is -2.28. The highest BCUT2D eigenvalue weighted by Gasteiger charge is 2.23. The van der Waals surface area contributed by atoms with Crippen molar-refractivity contribution in [3.63, 3.8) is 0 Å². The smallest absolute Gasteiger partial charge is 0.338 e. The number of amides is 1. The van der Waals surface area contributed by atoms with Crippen LogP contribution in [-0.4, -0.2) is 36.5 Å². The molecule has 154 valence electrons.